The number of ether oxygens (including phenoxy) is 2. The van der Waals surface area contributed by atoms with Crippen molar-refractivity contribution < 1.29 is 29.0 Å². The Kier molecular flexibility index (Phi) is 5.46. The molecule has 1 aliphatic rings. The molecule has 138 valence electrons. The van der Waals surface area contributed by atoms with Gasteiger partial charge in [-0.25, -0.2) is 9.69 Å². The Bertz CT molecular complexity index is 905. The fourth-order valence-corrected chi connectivity index (χ4v) is 3.22. The number of methoxy groups -OCH3 is 1. The first-order chi connectivity index (χ1) is 13.0. The van der Waals surface area contributed by atoms with Crippen LogP contribution in [-0.4, -0.2) is 35.9 Å². The van der Waals surface area contributed by atoms with Crippen LogP contribution in [0.15, 0.2) is 53.4 Å². The number of hydrogen-bond donors (Lipinski definition) is 1. The van der Waals surface area contributed by atoms with Gasteiger partial charge in [0.1, 0.15) is 11.5 Å². The molecule has 0 saturated carbocycles. The van der Waals surface area contributed by atoms with Gasteiger partial charge in [-0.05, 0) is 59.8 Å². The van der Waals surface area contributed by atoms with Crippen LogP contribution in [0.3, 0.4) is 0 Å². The Morgan fingerprint density at radius 2 is 1.70 bits per heavy atom. The van der Waals surface area contributed by atoms with Crippen LogP contribution in [-0.2, 0) is 9.59 Å². The van der Waals surface area contributed by atoms with Gasteiger partial charge in [-0.3, -0.25) is 9.59 Å². The third-order valence-electron chi connectivity index (χ3n) is 3.66. The summed E-state index contributed by atoms with van der Waals surface area (Å²) in [4.78, 5) is 36.8. The molecule has 0 spiro atoms. The number of anilines is 1. The lowest BCUT2D eigenvalue weighted by molar-refractivity contribution is -0.139. The van der Waals surface area contributed by atoms with Crippen LogP contribution in [0.1, 0.15) is 5.56 Å². The second-order valence-electron chi connectivity index (χ2n) is 5.47. The third kappa shape index (κ3) is 4.29. The lowest BCUT2D eigenvalue weighted by Gasteiger charge is -2.12. The van der Waals surface area contributed by atoms with Gasteiger partial charge >= 0.3 is 5.97 Å². The van der Waals surface area contributed by atoms with Crippen LogP contribution in [0.5, 0.6) is 11.5 Å². The Hall–Kier alpha value is -3.26. The molecule has 2 aromatic rings. The van der Waals surface area contributed by atoms with Crippen molar-refractivity contribution in [2.75, 3.05) is 18.6 Å². The molecule has 27 heavy (non-hydrogen) atoms. The Morgan fingerprint density at radius 1 is 1.07 bits per heavy atom. The minimum Gasteiger partial charge on any atom is -0.497 e. The number of benzene rings is 2. The van der Waals surface area contributed by atoms with Crippen molar-refractivity contribution in [1.82, 2.24) is 0 Å². The minimum atomic E-state index is -1.06. The highest BCUT2D eigenvalue weighted by Gasteiger charge is 2.36. The number of carbonyl (C=O) groups is 3. The topological polar surface area (TPSA) is 93.1 Å². The average molecular weight is 385 g/mol. The molecule has 0 aliphatic carbocycles. The number of amides is 2. The van der Waals surface area contributed by atoms with E-state index in [1.54, 1.807) is 54.6 Å². The molecule has 0 atom stereocenters. The van der Waals surface area contributed by atoms with E-state index in [0.29, 0.717) is 27.7 Å². The first-order valence-electron chi connectivity index (χ1n) is 7.84. The summed E-state index contributed by atoms with van der Waals surface area (Å²) in [6, 6.07) is 13.2. The normalized spacial score (nSPS) is 15.3. The van der Waals surface area contributed by atoms with Gasteiger partial charge in [-0.2, -0.15) is 0 Å². The molecule has 1 heterocycles. The summed E-state index contributed by atoms with van der Waals surface area (Å²) in [5.74, 6) is -0.431. The molecular weight excluding hydrogens is 370 g/mol. The number of carbonyl (C=O) groups excluding carboxylic acids is 2. The molecule has 1 saturated heterocycles. The van der Waals surface area contributed by atoms with Gasteiger partial charge in [0.2, 0.25) is 0 Å². The summed E-state index contributed by atoms with van der Waals surface area (Å²) in [5.41, 5.74) is 1.16. The highest BCUT2D eigenvalue weighted by molar-refractivity contribution is 8.19. The fourth-order valence-electron chi connectivity index (χ4n) is 2.38. The maximum absolute atomic E-state index is 12.6. The van der Waals surface area contributed by atoms with E-state index >= 15 is 0 Å². The molecule has 0 unspecified atom stereocenters. The molecule has 8 heteroatoms. The van der Waals surface area contributed by atoms with E-state index in [9.17, 15) is 14.4 Å². The van der Waals surface area contributed by atoms with Gasteiger partial charge in [0.15, 0.2) is 6.61 Å². The number of nitrogens with zero attached hydrogens (tertiary/aromatic N) is 1. The van der Waals surface area contributed by atoms with Crippen LogP contribution in [0.2, 0.25) is 0 Å². The first-order valence-corrected chi connectivity index (χ1v) is 8.66. The largest absolute Gasteiger partial charge is 0.497 e. The summed E-state index contributed by atoms with van der Waals surface area (Å²) >= 11 is 0.858. The highest BCUT2D eigenvalue weighted by atomic mass is 32.2. The maximum atomic E-state index is 12.6. The standard InChI is InChI=1S/C19H15NO6S/c1-25-14-8-4-13(5-9-14)20-18(23)16(27-19(20)24)10-12-2-6-15(7-3-12)26-11-17(21)22/h2-10H,11H2,1H3,(H,21,22)/b16-10+. The average Bonchev–Trinajstić information content (AvgIpc) is 2.94. The molecule has 0 aromatic heterocycles. The number of imide groups is 1. The second kappa shape index (κ2) is 7.96. The highest BCUT2D eigenvalue weighted by Crippen LogP contribution is 2.36. The van der Waals surface area contributed by atoms with Gasteiger partial charge in [0.05, 0.1) is 17.7 Å². The van der Waals surface area contributed by atoms with Crippen molar-refractivity contribution in [3.8, 4) is 11.5 Å². The van der Waals surface area contributed by atoms with Crippen molar-refractivity contribution in [3.63, 3.8) is 0 Å². The van der Waals surface area contributed by atoms with E-state index in [4.69, 9.17) is 14.6 Å². The molecule has 1 aliphatic heterocycles. The summed E-state index contributed by atoms with van der Waals surface area (Å²) in [6.45, 7) is -0.430. The van der Waals surface area contributed by atoms with E-state index in [0.717, 1.165) is 16.7 Å². The monoisotopic (exact) mass is 385 g/mol. The third-order valence-corrected chi connectivity index (χ3v) is 4.53. The van der Waals surface area contributed by atoms with Crippen molar-refractivity contribution in [2.24, 2.45) is 0 Å². The van der Waals surface area contributed by atoms with Gasteiger partial charge in [-0.1, -0.05) is 12.1 Å². The lowest BCUT2D eigenvalue weighted by atomic mass is 10.2. The summed E-state index contributed by atoms with van der Waals surface area (Å²) in [5, 5.41) is 8.23. The number of hydrogen-bond acceptors (Lipinski definition) is 6. The van der Waals surface area contributed by atoms with Crippen LogP contribution >= 0.6 is 11.8 Å². The Balaban J connectivity index is 1.76. The molecule has 0 bridgehead atoms. The predicted octanol–water partition coefficient (Wildman–Crippen LogP) is 3.40. The Labute approximate surface area is 159 Å². The van der Waals surface area contributed by atoms with Crippen molar-refractivity contribution in [3.05, 3.63) is 59.0 Å². The number of carboxylic acids is 1. The molecule has 1 N–H and O–H groups in total. The van der Waals surface area contributed by atoms with Gasteiger partial charge in [0.25, 0.3) is 11.1 Å². The molecule has 2 aromatic carbocycles. The molecule has 7 nitrogen and oxygen atoms in total. The van der Waals surface area contributed by atoms with Crippen molar-refractivity contribution in [1.29, 1.82) is 0 Å². The van der Waals surface area contributed by atoms with E-state index in [1.807, 2.05) is 0 Å². The second-order valence-corrected chi connectivity index (χ2v) is 6.46. The zero-order valence-electron chi connectivity index (χ0n) is 14.2. The molecular formula is C19H15NO6S. The molecule has 3 rings (SSSR count). The summed E-state index contributed by atoms with van der Waals surface area (Å²) in [6.07, 6.45) is 1.61. The van der Waals surface area contributed by atoms with E-state index in [-0.39, 0.29) is 5.24 Å². The minimum absolute atomic E-state index is 0.301. The molecule has 2 amide bonds. The van der Waals surface area contributed by atoms with Crippen LogP contribution in [0.25, 0.3) is 6.08 Å². The lowest BCUT2D eigenvalue weighted by Crippen LogP contribution is -2.27. The number of thioether (sulfide) groups is 1. The predicted molar refractivity (Wildman–Crippen MR) is 101 cm³/mol. The maximum Gasteiger partial charge on any atom is 0.341 e. The Morgan fingerprint density at radius 3 is 2.30 bits per heavy atom. The van der Waals surface area contributed by atoms with E-state index < -0.39 is 18.5 Å². The first kappa shape index (κ1) is 18.5. The quantitative estimate of drug-likeness (QED) is 0.762. The smallest absolute Gasteiger partial charge is 0.341 e. The van der Waals surface area contributed by atoms with Crippen molar-refractivity contribution in [2.45, 2.75) is 0 Å². The number of aliphatic carboxylic acids is 1. The molecule has 1 fully saturated rings. The zero-order valence-corrected chi connectivity index (χ0v) is 15.1. The van der Waals surface area contributed by atoms with Crippen LogP contribution in [0, 0.1) is 0 Å². The SMILES string of the molecule is COc1ccc(N2C(=O)S/C(=C/c3ccc(OCC(=O)O)cc3)C2=O)cc1. The van der Waals surface area contributed by atoms with E-state index in [2.05, 4.69) is 0 Å². The van der Waals surface area contributed by atoms with E-state index in [1.165, 1.54) is 7.11 Å². The zero-order chi connectivity index (χ0) is 19.4. The fraction of sp³-hybridized carbons (Fsp3) is 0.105. The summed E-state index contributed by atoms with van der Waals surface area (Å²) < 4.78 is 10.1. The van der Waals surface area contributed by atoms with Gasteiger partial charge < -0.3 is 14.6 Å². The number of carboxylic acid groups (broad SMARTS) is 1. The van der Waals surface area contributed by atoms with Crippen molar-refractivity contribution >= 4 is 40.6 Å². The van der Waals surface area contributed by atoms with Crippen LogP contribution in [0.4, 0.5) is 10.5 Å². The van der Waals surface area contributed by atoms with Crippen LogP contribution < -0.4 is 14.4 Å². The number of rotatable bonds is 6. The van der Waals surface area contributed by atoms with Gasteiger partial charge in [0, 0.05) is 0 Å². The summed E-state index contributed by atoms with van der Waals surface area (Å²) in [7, 11) is 1.54. The molecule has 0 radical (unpaired) electrons. The van der Waals surface area contributed by atoms with Gasteiger partial charge in [-0.15, -0.1) is 0 Å².